The molecule has 1 aliphatic heterocycles. The van der Waals surface area contributed by atoms with Crippen molar-refractivity contribution in [3.8, 4) is 5.69 Å². The van der Waals surface area contributed by atoms with Gasteiger partial charge in [0.05, 0.1) is 15.7 Å². The molecule has 162 valence electrons. The van der Waals surface area contributed by atoms with Gasteiger partial charge in [-0.3, -0.25) is 9.59 Å². The molecule has 1 aliphatic rings. The van der Waals surface area contributed by atoms with Crippen LogP contribution in [0.25, 0.3) is 5.69 Å². The summed E-state index contributed by atoms with van der Waals surface area (Å²) in [6.07, 6.45) is 1.54. The number of rotatable bonds is 3. The van der Waals surface area contributed by atoms with E-state index >= 15 is 0 Å². The molecule has 0 bridgehead atoms. The van der Waals surface area contributed by atoms with Crippen molar-refractivity contribution in [3.05, 3.63) is 62.9 Å². The van der Waals surface area contributed by atoms with Crippen LogP contribution in [0.1, 0.15) is 40.6 Å². The number of halogens is 2. The van der Waals surface area contributed by atoms with E-state index in [1.165, 1.54) is 0 Å². The van der Waals surface area contributed by atoms with Gasteiger partial charge in [0.15, 0.2) is 10.4 Å². The van der Waals surface area contributed by atoms with Crippen LogP contribution in [0.5, 0.6) is 0 Å². The Morgan fingerprint density at radius 3 is 2.55 bits per heavy atom. The third-order valence-electron chi connectivity index (χ3n) is 5.24. The summed E-state index contributed by atoms with van der Waals surface area (Å²) in [4.78, 5) is 33.7. The molecular weight excluding hydrogens is 530 g/mol. The molecule has 1 fully saturated rings. The largest absolute Gasteiger partial charge is 0.443 e. The molecule has 0 radical (unpaired) electrons. The maximum atomic E-state index is 13.2. The Morgan fingerprint density at radius 1 is 1.13 bits per heavy atom. The van der Waals surface area contributed by atoms with Gasteiger partial charge in [-0.05, 0) is 70.3 Å². The lowest BCUT2D eigenvalue weighted by Gasteiger charge is -2.46. The predicted molar refractivity (Wildman–Crippen MR) is 121 cm³/mol. The first kappa shape index (κ1) is 21.8. The average molecular weight is 551 g/mol. The van der Waals surface area contributed by atoms with E-state index in [0.717, 1.165) is 11.3 Å². The van der Waals surface area contributed by atoms with Gasteiger partial charge in [0, 0.05) is 25.7 Å². The first-order valence-corrected chi connectivity index (χ1v) is 11.3. The van der Waals surface area contributed by atoms with E-state index < -0.39 is 5.54 Å². The second kappa shape index (κ2) is 8.23. The van der Waals surface area contributed by atoms with E-state index in [0.29, 0.717) is 28.8 Å². The van der Waals surface area contributed by atoms with Crippen molar-refractivity contribution in [2.75, 3.05) is 19.6 Å². The van der Waals surface area contributed by atoms with Crippen LogP contribution in [0.4, 0.5) is 0 Å². The number of benzene rings is 1. The zero-order chi connectivity index (χ0) is 22.3. The molecule has 3 aromatic rings. The van der Waals surface area contributed by atoms with Gasteiger partial charge in [-0.15, -0.1) is 5.10 Å². The van der Waals surface area contributed by atoms with Crippen LogP contribution < -0.4 is 0 Å². The lowest BCUT2D eigenvalue weighted by molar-refractivity contribution is 0.0149. The fourth-order valence-corrected chi connectivity index (χ4v) is 4.27. The molecular formula is C21H21Br2N5O3. The molecule has 0 saturated carbocycles. The van der Waals surface area contributed by atoms with Gasteiger partial charge in [-0.25, -0.2) is 9.67 Å². The van der Waals surface area contributed by atoms with Gasteiger partial charge in [0.1, 0.15) is 6.33 Å². The van der Waals surface area contributed by atoms with Gasteiger partial charge >= 0.3 is 0 Å². The van der Waals surface area contributed by atoms with Crippen molar-refractivity contribution in [1.82, 2.24) is 24.6 Å². The second-order valence-corrected chi connectivity index (χ2v) is 9.65. The van der Waals surface area contributed by atoms with Gasteiger partial charge in [0.25, 0.3) is 11.8 Å². The van der Waals surface area contributed by atoms with E-state index in [4.69, 9.17) is 4.42 Å². The maximum absolute atomic E-state index is 13.2. The lowest BCUT2D eigenvalue weighted by atomic mass is 9.98. The summed E-state index contributed by atoms with van der Waals surface area (Å²) < 4.78 is 8.22. The normalized spacial score (nSPS) is 15.9. The van der Waals surface area contributed by atoms with Crippen molar-refractivity contribution in [3.63, 3.8) is 0 Å². The topological polar surface area (TPSA) is 84.5 Å². The minimum atomic E-state index is -0.596. The van der Waals surface area contributed by atoms with Crippen LogP contribution in [0.15, 0.2) is 50.2 Å². The first-order valence-electron chi connectivity index (χ1n) is 9.70. The summed E-state index contributed by atoms with van der Waals surface area (Å²) in [5.74, 6) is -0.0958. The summed E-state index contributed by atoms with van der Waals surface area (Å²) in [5.41, 5.74) is 1.34. The number of aryl methyl sites for hydroxylation is 1. The quantitative estimate of drug-likeness (QED) is 0.491. The highest BCUT2D eigenvalue weighted by Gasteiger charge is 2.40. The molecule has 0 unspecified atom stereocenters. The van der Waals surface area contributed by atoms with Gasteiger partial charge in [0.2, 0.25) is 5.82 Å². The highest BCUT2D eigenvalue weighted by molar-refractivity contribution is 9.13. The minimum Gasteiger partial charge on any atom is -0.443 e. The smallest absolute Gasteiger partial charge is 0.294 e. The molecule has 0 atom stereocenters. The maximum Gasteiger partial charge on any atom is 0.294 e. The molecule has 8 nitrogen and oxygen atoms in total. The number of amides is 2. The summed E-state index contributed by atoms with van der Waals surface area (Å²) >= 11 is 6.58. The van der Waals surface area contributed by atoms with Crippen molar-refractivity contribution in [1.29, 1.82) is 0 Å². The minimum absolute atomic E-state index is 0.133. The van der Waals surface area contributed by atoms with Crippen LogP contribution >= 0.6 is 31.9 Å². The number of carbonyl (C=O) groups excluding carboxylic acids is 2. The Labute approximate surface area is 196 Å². The van der Waals surface area contributed by atoms with E-state index in [1.807, 2.05) is 45.0 Å². The zero-order valence-corrected chi connectivity index (χ0v) is 20.5. The van der Waals surface area contributed by atoms with E-state index in [9.17, 15) is 9.59 Å². The molecule has 1 aromatic carbocycles. The monoisotopic (exact) mass is 549 g/mol. The lowest BCUT2D eigenvalue weighted by Crippen LogP contribution is -2.62. The average Bonchev–Trinajstić information content (AvgIpc) is 3.33. The van der Waals surface area contributed by atoms with Crippen molar-refractivity contribution in [2.24, 2.45) is 0 Å². The fraction of sp³-hybridized carbons (Fsp3) is 0.333. The highest BCUT2D eigenvalue weighted by atomic mass is 79.9. The molecule has 3 heterocycles. The standard InChI is InChI=1S/C21H21Br2N5O3/c1-13-5-4-6-14(9-13)28-12-24-18(25-28)20(30)27-8-7-26(11-21(27,2)3)19(29)16-10-15(22)17(23)31-16/h4-6,9-10,12H,7-8,11H2,1-3H3. The van der Waals surface area contributed by atoms with Crippen LogP contribution in [0.2, 0.25) is 0 Å². The van der Waals surface area contributed by atoms with Gasteiger partial charge in [-0.1, -0.05) is 12.1 Å². The number of furan rings is 1. The summed E-state index contributed by atoms with van der Waals surface area (Å²) in [6.45, 7) is 6.98. The number of hydrogen-bond donors (Lipinski definition) is 0. The van der Waals surface area contributed by atoms with Crippen LogP contribution in [0.3, 0.4) is 0 Å². The third-order valence-corrected chi connectivity index (χ3v) is 6.95. The Balaban J connectivity index is 1.50. The third kappa shape index (κ3) is 4.31. The summed E-state index contributed by atoms with van der Waals surface area (Å²) in [7, 11) is 0. The summed E-state index contributed by atoms with van der Waals surface area (Å²) in [5, 5.41) is 4.38. The Bertz CT molecular complexity index is 1130. The molecule has 10 heteroatoms. The van der Waals surface area contributed by atoms with Gasteiger partial charge in [-0.2, -0.15) is 0 Å². The Kier molecular flexibility index (Phi) is 5.78. The number of nitrogens with zero attached hydrogens (tertiary/aromatic N) is 5. The van der Waals surface area contributed by atoms with Crippen LogP contribution in [-0.2, 0) is 0 Å². The highest BCUT2D eigenvalue weighted by Crippen LogP contribution is 2.29. The van der Waals surface area contributed by atoms with Crippen LogP contribution in [-0.4, -0.2) is 61.6 Å². The first-order chi connectivity index (χ1) is 14.7. The van der Waals surface area contributed by atoms with Crippen LogP contribution in [0, 0.1) is 6.92 Å². The Morgan fingerprint density at radius 2 is 1.90 bits per heavy atom. The van der Waals surface area contributed by atoms with E-state index in [2.05, 4.69) is 41.9 Å². The number of aromatic nitrogens is 3. The molecule has 0 aliphatic carbocycles. The molecule has 0 spiro atoms. The number of piperazine rings is 1. The van der Waals surface area contributed by atoms with E-state index in [1.54, 1.807) is 26.9 Å². The van der Waals surface area contributed by atoms with Crippen molar-refractivity contribution >= 4 is 43.7 Å². The fourth-order valence-electron chi connectivity index (χ4n) is 3.69. The molecule has 0 N–H and O–H groups in total. The molecule has 4 rings (SSSR count). The molecule has 2 amide bonds. The number of carbonyl (C=O) groups is 2. The van der Waals surface area contributed by atoms with Crippen molar-refractivity contribution in [2.45, 2.75) is 26.3 Å². The van der Waals surface area contributed by atoms with Crippen molar-refractivity contribution < 1.29 is 14.0 Å². The van der Waals surface area contributed by atoms with E-state index in [-0.39, 0.29) is 23.4 Å². The molecule has 2 aromatic heterocycles. The molecule has 31 heavy (non-hydrogen) atoms. The summed E-state index contributed by atoms with van der Waals surface area (Å²) in [6, 6.07) is 9.45. The predicted octanol–water partition coefficient (Wildman–Crippen LogP) is 4.07. The zero-order valence-electron chi connectivity index (χ0n) is 17.3. The van der Waals surface area contributed by atoms with Gasteiger partial charge < -0.3 is 14.2 Å². The molecule has 1 saturated heterocycles. The second-order valence-electron chi connectivity index (χ2n) is 8.08. The number of hydrogen-bond acceptors (Lipinski definition) is 5. The Hall–Kier alpha value is -2.46. The SMILES string of the molecule is Cc1cccc(-n2cnc(C(=O)N3CCN(C(=O)c4cc(Br)c(Br)o4)CC3(C)C)n2)c1.